The smallest absolute Gasteiger partial charge is 0.288 e. The molecule has 3 rings (SSSR count). The van der Waals surface area contributed by atoms with E-state index in [2.05, 4.69) is 5.32 Å². The minimum atomic E-state index is -2.50. The molecule has 0 radical (unpaired) electrons. The van der Waals surface area contributed by atoms with E-state index < -0.39 is 17.8 Å². The van der Waals surface area contributed by atoms with E-state index in [-0.39, 0.29) is 12.5 Å². The van der Waals surface area contributed by atoms with E-state index in [1.54, 1.807) is 36.4 Å². The molecule has 1 atom stereocenters. The molecule has 0 aliphatic carbocycles. The van der Waals surface area contributed by atoms with Gasteiger partial charge >= 0.3 is 0 Å². The lowest BCUT2D eigenvalue weighted by Crippen LogP contribution is -2.48. The number of rotatable bonds is 4. The van der Waals surface area contributed by atoms with Gasteiger partial charge < -0.3 is 15.0 Å². The largest absolute Gasteiger partial charge is 0.476 e. The van der Waals surface area contributed by atoms with E-state index in [0.717, 1.165) is 0 Å². The van der Waals surface area contributed by atoms with E-state index in [1.807, 2.05) is 0 Å². The van der Waals surface area contributed by atoms with Crippen molar-refractivity contribution in [2.45, 2.75) is 23.7 Å². The van der Waals surface area contributed by atoms with E-state index >= 15 is 0 Å². The van der Waals surface area contributed by atoms with Crippen molar-refractivity contribution in [1.29, 1.82) is 0 Å². The summed E-state index contributed by atoms with van der Waals surface area (Å²) in [6.45, 7) is 1.52. The molecule has 8 heteroatoms. The van der Waals surface area contributed by atoms with Crippen LogP contribution >= 0.6 is 11.8 Å². The Labute approximate surface area is 153 Å². The maximum Gasteiger partial charge on any atom is 0.288 e. The highest BCUT2D eigenvalue weighted by Crippen LogP contribution is 2.33. The molecule has 0 saturated carbocycles. The minimum Gasteiger partial charge on any atom is -0.476 e. The van der Waals surface area contributed by atoms with Crippen molar-refractivity contribution in [2.75, 3.05) is 16.8 Å². The van der Waals surface area contributed by atoms with Crippen LogP contribution in [0.25, 0.3) is 0 Å². The van der Waals surface area contributed by atoms with Crippen molar-refractivity contribution in [2.24, 2.45) is 0 Å². The van der Waals surface area contributed by atoms with Crippen molar-refractivity contribution < 1.29 is 23.1 Å². The molecular weight excluding hydrogens is 362 g/mol. The number of nitrogens with zero attached hydrogens (tertiary/aromatic N) is 1. The molecule has 0 aromatic heterocycles. The highest BCUT2D eigenvalue weighted by molar-refractivity contribution is 7.99. The molecule has 2 amide bonds. The lowest BCUT2D eigenvalue weighted by molar-refractivity contribution is -0.123. The number of carbonyl (C=O) groups excluding carboxylic acids is 2. The Morgan fingerprint density at radius 3 is 2.54 bits per heavy atom. The van der Waals surface area contributed by atoms with Crippen LogP contribution in [0.1, 0.15) is 6.92 Å². The average molecular weight is 378 g/mol. The van der Waals surface area contributed by atoms with Crippen LogP contribution in [0.3, 0.4) is 0 Å². The third-order valence-corrected chi connectivity index (χ3v) is 4.52. The number of thioether (sulfide) groups is 1. The number of fused-ring (bicyclic) bond motifs is 1. The highest BCUT2D eigenvalue weighted by atomic mass is 32.2. The zero-order valence-electron chi connectivity index (χ0n) is 13.8. The van der Waals surface area contributed by atoms with Gasteiger partial charge in [0.25, 0.3) is 11.7 Å². The molecule has 26 heavy (non-hydrogen) atoms. The summed E-state index contributed by atoms with van der Waals surface area (Å²) in [6, 6.07) is 13.1. The van der Waals surface area contributed by atoms with Crippen LogP contribution in [0.15, 0.2) is 53.4 Å². The Hall–Kier alpha value is -2.61. The Morgan fingerprint density at radius 1 is 1.19 bits per heavy atom. The van der Waals surface area contributed by atoms with Crippen molar-refractivity contribution in [3.8, 4) is 5.75 Å². The number of hydrogen-bond donors (Lipinski definition) is 1. The van der Waals surface area contributed by atoms with E-state index in [0.29, 0.717) is 33.8 Å². The van der Waals surface area contributed by atoms with Gasteiger partial charge in [-0.3, -0.25) is 9.59 Å². The van der Waals surface area contributed by atoms with Crippen LogP contribution in [0, 0.1) is 0 Å². The quantitative estimate of drug-likeness (QED) is 0.824. The number of hydrogen-bond acceptors (Lipinski definition) is 4. The number of alkyl halides is 2. The molecule has 1 N–H and O–H groups in total. The van der Waals surface area contributed by atoms with Gasteiger partial charge in [0.05, 0.1) is 12.2 Å². The number of halogens is 2. The summed E-state index contributed by atoms with van der Waals surface area (Å²) in [4.78, 5) is 26.3. The predicted octanol–water partition coefficient (Wildman–Crippen LogP) is 3.75. The molecule has 0 bridgehead atoms. The number of nitrogens with one attached hydrogen (secondary N) is 1. The van der Waals surface area contributed by atoms with Gasteiger partial charge in [-0.2, -0.15) is 8.78 Å². The number of para-hydroxylation sites is 2. The van der Waals surface area contributed by atoms with Crippen molar-refractivity contribution in [3.63, 3.8) is 0 Å². The van der Waals surface area contributed by atoms with Crippen molar-refractivity contribution in [1.82, 2.24) is 0 Å². The molecular formula is C18H16F2N2O3S. The number of anilines is 2. The fourth-order valence-corrected chi connectivity index (χ4v) is 3.11. The predicted molar refractivity (Wildman–Crippen MR) is 95.8 cm³/mol. The first-order valence-electron chi connectivity index (χ1n) is 7.83. The molecule has 136 valence electrons. The maximum atomic E-state index is 12.5. The molecule has 1 aliphatic rings. The van der Waals surface area contributed by atoms with Gasteiger partial charge in [0.2, 0.25) is 5.91 Å². The van der Waals surface area contributed by atoms with Gasteiger partial charge in [-0.25, -0.2) is 0 Å². The van der Waals surface area contributed by atoms with Gasteiger partial charge in [0.1, 0.15) is 5.75 Å². The standard InChI is InChI=1S/C18H16F2N2O3S/c1-11(23)22-10-16(25-15-5-3-2-4-14(15)22)17(24)21-12-6-8-13(9-7-12)26-18(19)20/h2-9,16,18H,10H2,1H3,(H,21,24)/t16-/m0/s1. The van der Waals surface area contributed by atoms with Crippen molar-refractivity contribution >= 4 is 35.0 Å². The first-order valence-corrected chi connectivity index (χ1v) is 8.71. The maximum absolute atomic E-state index is 12.5. The summed E-state index contributed by atoms with van der Waals surface area (Å²) in [5.41, 5.74) is 1.09. The van der Waals surface area contributed by atoms with Crippen LogP contribution in [0.5, 0.6) is 5.75 Å². The second-order valence-electron chi connectivity index (χ2n) is 5.60. The first kappa shape index (κ1) is 18.2. The van der Waals surface area contributed by atoms with Gasteiger partial charge in [-0.05, 0) is 36.4 Å². The van der Waals surface area contributed by atoms with Crippen molar-refractivity contribution in [3.05, 3.63) is 48.5 Å². The van der Waals surface area contributed by atoms with E-state index in [4.69, 9.17) is 4.74 Å². The highest BCUT2D eigenvalue weighted by Gasteiger charge is 2.32. The Kier molecular flexibility index (Phi) is 5.41. The fraction of sp³-hybridized carbons (Fsp3) is 0.222. The Bertz CT molecular complexity index is 814. The topological polar surface area (TPSA) is 58.6 Å². The number of amides is 2. The number of ether oxygens (including phenoxy) is 1. The van der Waals surface area contributed by atoms with Gasteiger partial charge in [-0.1, -0.05) is 23.9 Å². The van der Waals surface area contributed by atoms with Crippen LogP contribution in [-0.2, 0) is 9.59 Å². The minimum absolute atomic E-state index is 0.0947. The summed E-state index contributed by atoms with van der Waals surface area (Å²) in [7, 11) is 0. The van der Waals surface area contributed by atoms with E-state index in [1.165, 1.54) is 24.0 Å². The summed E-state index contributed by atoms with van der Waals surface area (Å²) >= 11 is 0.435. The lowest BCUT2D eigenvalue weighted by Gasteiger charge is -2.33. The second kappa shape index (κ2) is 7.74. The lowest BCUT2D eigenvalue weighted by atomic mass is 10.1. The molecule has 2 aromatic carbocycles. The Balaban J connectivity index is 1.71. The molecule has 0 unspecified atom stereocenters. The summed E-state index contributed by atoms with van der Waals surface area (Å²) in [5.74, 6) is -2.64. The normalized spacial score (nSPS) is 16.0. The molecule has 0 saturated heterocycles. The summed E-state index contributed by atoms with van der Waals surface area (Å²) in [5, 5.41) is 2.68. The third kappa shape index (κ3) is 4.13. The fourth-order valence-electron chi connectivity index (χ4n) is 2.61. The SMILES string of the molecule is CC(=O)N1C[C@@H](C(=O)Nc2ccc(SC(F)F)cc2)Oc2ccccc21. The van der Waals surface area contributed by atoms with Gasteiger partial charge in [0.15, 0.2) is 6.10 Å². The summed E-state index contributed by atoms with van der Waals surface area (Å²) in [6.07, 6.45) is -0.871. The number of benzene rings is 2. The third-order valence-electron chi connectivity index (χ3n) is 3.79. The van der Waals surface area contributed by atoms with Gasteiger partial charge in [0, 0.05) is 17.5 Å². The second-order valence-corrected chi connectivity index (χ2v) is 6.66. The van der Waals surface area contributed by atoms with Crippen LogP contribution < -0.4 is 15.0 Å². The van der Waals surface area contributed by atoms with Gasteiger partial charge in [-0.15, -0.1) is 0 Å². The molecule has 2 aromatic rings. The molecule has 5 nitrogen and oxygen atoms in total. The molecule has 1 heterocycles. The first-order chi connectivity index (χ1) is 12.4. The molecule has 1 aliphatic heterocycles. The van der Waals surface area contributed by atoms with Crippen LogP contribution in [0.2, 0.25) is 0 Å². The summed E-state index contributed by atoms with van der Waals surface area (Å²) < 4.78 is 30.4. The van der Waals surface area contributed by atoms with Crippen LogP contribution in [0.4, 0.5) is 20.2 Å². The molecule has 0 spiro atoms. The zero-order chi connectivity index (χ0) is 18.7. The van der Waals surface area contributed by atoms with Crippen LogP contribution in [-0.4, -0.2) is 30.2 Å². The Morgan fingerprint density at radius 2 is 1.88 bits per heavy atom. The number of carbonyl (C=O) groups is 2. The monoisotopic (exact) mass is 378 g/mol. The average Bonchev–Trinajstić information content (AvgIpc) is 2.61. The molecule has 0 fully saturated rings. The zero-order valence-corrected chi connectivity index (χ0v) is 14.6. The van der Waals surface area contributed by atoms with E-state index in [9.17, 15) is 18.4 Å².